The molecule has 0 spiro atoms. The van der Waals surface area contributed by atoms with Gasteiger partial charge in [-0.15, -0.1) is 0 Å². The number of carbonyl (C=O) groups is 2. The molecule has 7 nitrogen and oxygen atoms in total. The van der Waals surface area contributed by atoms with Gasteiger partial charge in [-0.1, -0.05) is 141 Å². The molecule has 0 aliphatic rings. The van der Waals surface area contributed by atoms with Crippen molar-refractivity contribution in [2.24, 2.45) is 0 Å². The number of likely N-dealkylation sites (N-methyl/N-ethyl adjacent to an activating group) is 1. The molecule has 8 heteroatoms. The normalized spacial score (nSPS) is 12.6. The van der Waals surface area contributed by atoms with E-state index in [0.717, 1.165) is 51.4 Å². The molecule has 1 atom stereocenters. The molecule has 0 heterocycles. The second-order valence-corrected chi connectivity index (χ2v) is 15.2. The van der Waals surface area contributed by atoms with Gasteiger partial charge in [0, 0.05) is 12.8 Å². The summed E-state index contributed by atoms with van der Waals surface area (Å²) in [7, 11) is 2.22. The predicted octanol–water partition coefficient (Wildman–Crippen LogP) is 10.6. The van der Waals surface area contributed by atoms with Gasteiger partial charge in [0.05, 0.1) is 14.1 Å². The van der Waals surface area contributed by atoms with Crippen LogP contribution in [0.3, 0.4) is 0 Å². The predicted molar refractivity (Wildman–Crippen MR) is 212 cm³/mol. The first-order valence-corrected chi connectivity index (χ1v) is 21.0. The third kappa shape index (κ3) is 36.2. The maximum Gasteiger partial charge on any atom is 0.511 e. The van der Waals surface area contributed by atoms with E-state index in [2.05, 4.69) is 38.2 Å². The zero-order chi connectivity index (χ0) is 37.0. The van der Waals surface area contributed by atoms with Crippen molar-refractivity contribution in [1.82, 2.24) is 0 Å². The van der Waals surface area contributed by atoms with Gasteiger partial charge in [0.2, 0.25) is 0 Å². The van der Waals surface area contributed by atoms with Crippen LogP contribution >= 0.6 is 0 Å². The van der Waals surface area contributed by atoms with Gasteiger partial charge in [-0.2, -0.15) is 0 Å². The number of esters is 2. The molecule has 0 saturated heterocycles. The number of quaternary nitrogens is 1. The minimum atomic E-state index is -1.47. The average molecular weight is 707 g/mol. The molecule has 0 aromatic heterocycles. The second-order valence-electron chi connectivity index (χ2n) is 15.2. The van der Waals surface area contributed by atoms with E-state index in [0.29, 0.717) is 19.4 Å². The van der Waals surface area contributed by atoms with Crippen LogP contribution in [0.25, 0.3) is 0 Å². The summed E-state index contributed by atoms with van der Waals surface area (Å²) in [5.41, 5.74) is 0. The Bertz CT molecular complexity index is 831. The van der Waals surface area contributed by atoms with Gasteiger partial charge in [0.15, 0.2) is 6.10 Å². The molecule has 50 heavy (non-hydrogen) atoms. The highest BCUT2D eigenvalue weighted by molar-refractivity contribution is 6.40. The number of carbonyl (C=O) groups excluding carboxylic acids is 2. The van der Waals surface area contributed by atoms with Gasteiger partial charge in [-0.05, 0) is 64.2 Å². The molecule has 0 bridgehead atoms. The van der Waals surface area contributed by atoms with Gasteiger partial charge in [0.1, 0.15) is 19.6 Å². The Labute approximate surface area is 309 Å². The zero-order valence-electron chi connectivity index (χ0n) is 33.4. The summed E-state index contributed by atoms with van der Waals surface area (Å²) >= 11 is 0. The van der Waals surface area contributed by atoms with Crippen LogP contribution in [0.15, 0.2) is 24.3 Å². The van der Waals surface area contributed by atoms with Crippen LogP contribution in [-0.4, -0.2) is 73.4 Å². The van der Waals surface area contributed by atoms with Crippen molar-refractivity contribution in [1.29, 1.82) is 0 Å². The Morgan fingerprint density at radius 1 is 0.560 bits per heavy atom. The first kappa shape index (κ1) is 48.4. The van der Waals surface area contributed by atoms with Gasteiger partial charge in [-0.3, -0.25) is 9.59 Å². The summed E-state index contributed by atoms with van der Waals surface area (Å²) in [6, 6.07) is 0. The highest BCUT2D eigenvalue weighted by Crippen LogP contribution is 2.14. The van der Waals surface area contributed by atoms with E-state index in [1.165, 1.54) is 116 Å². The Hall–Kier alpha value is -1.64. The number of allylic oxidation sites excluding steroid dienone is 4. The van der Waals surface area contributed by atoms with Gasteiger partial charge in [0.25, 0.3) is 0 Å². The minimum Gasteiger partial charge on any atom is -0.461 e. The van der Waals surface area contributed by atoms with Crippen molar-refractivity contribution in [3.63, 3.8) is 0 Å². The number of ether oxygens (including phenoxy) is 2. The maximum atomic E-state index is 12.7. The lowest BCUT2D eigenvalue weighted by Crippen LogP contribution is -2.52. The Morgan fingerprint density at radius 3 is 1.32 bits per heavy atom. The molecule has 0 radical (unpaired) electrons. The summed E-state index contributed by atoms with van der Waals surface area (Å²) in [5, 5.41) is 19.0. The lowest BCUT2D eigenvalue weighted by Gasteiger charge is -2.32. The standard InChI is InChI=1S/C42H81BNO6/c1-5-7-9-11-13-15-17-19-21-23-25-27-29-31-33-35-41(45)49-38-40(37-44(3,4)39-43(47)48)50-42(46)36-34-32-30-28-26-24-22-20-18-16-14-12-10-8-6-2/h19-22,40,47-48H,5-18,23-39H2,1-4H3/q+1/b21-19-,22-20-. The molecule has 0 rings (SSSR count). The fraction of sp³-hybridized carbons (Fsp3) is 0.857. The molecular weight excluding hydrogens is 625 g/mol. The van der Waals surface area contributed by atoms with Crippen molar-refractivity contribution in [3.8, 4) is 0 Å². The summed E-state index contributed by atoms with van der Waals surface area (Å²) < 4.78 is 11.5. The van der Waals surface area contributed by atoms with E-state index in [1.807, 2.05) is 14.1 Å². The minimum absolute atomic E-state index is 0.00870. The van der Waals surface area contributed by atoms with E-state index < -0.39 is 13.2 Å². The molecule has 292 valence electrons. The average Bonchev–Trinajstić information content (AvgIpc) is 3.06. The smallest absolute Gasteiger partial charge is 0.461 e. The molecule has 0 aliphatic carbocycles. The number of nitrogens with zero attached hydrogens (tertiary/aromatic N) is 1. The monoisotopic (exact) mass is 707 g/mol. The number of hydrogen-bond acceptors (Lipinski definition) is 6. The van der Waals surface area contributed by atoms with E-state index in [4.69, 9.17) is 9.47 Å². The van der Waals surface area contributed by atoms with Crippen molar-refractivity contribution < 1.29 is 33.6 Å². The molecular formula is C42H81BNO6+. The maximum absolute atomic E-state index is 12.7. The summed E-state index contributed by atoms with van der Waals surface area (Å²) in [6.45, 7) is 4.83. The van der Waals surface area contributed by atoms with Crippen LogP contribution < -0.4 is 0 Å². The summed E-state index contributed by atoms with van der Waals surface area (Å²) in [6.07, 6.45) is 40.8. The van der Waals surface area contributed by atoms with Crippen LogP contribution in [0.1, 0.15) is 194 Å². The molecule has 0 saturated carbocycles. The summed E-state index contributed by atoms with van der Waals surface area (Å²) in [4.78, 5) is 25.2. The highest BCUT2D eigenvalue weighted by atomic mass is 16.6. The third-order valence-electron chi connectivity index (χ3n) is 9.37. The van der Waals surface area contributed by atoms with E-state index in [9.17, 15) is 19.6 Å². The lowest BCUT2D eigenvalue weighted by atomic mass is 9.90. The Kier molecular flexibility index (Phi) is 34.6. The van der Waals surface area contributed by atoms with E-state index in [1.54, 1.807) is 0 Å². The van der Waals surface area contributed by atoms with Gasteiger partial charge in [-0.25, -0.2) is 0 Å². The van der Waals surface area contributed by atoms with E-state index >= 15 is 0 Å². The summed E-state index contributed by atoms with van der Waals surface area (Å²) in [5.74, 6) is -0.557. The molecule has 0 fully saturated rings. The highest BCUT2D eigenvalue weighted by Gasteiger charge is 2.30. The number of hydrogen-bond donors (Lipinski definition) is 2. The van der Waals surface area contributed by atoms with Gasteiger partial charge >= 0.3 is 19.1 Å². The SMILES string of the molecule is CCCCCCCC/C=C\CCCCCCCC(=O)OCC(C[N+](C)(C)CB(O)O)OC(=O)CCCCCCC/C=C\CCCCCCCC. The molecule has 2 N–H and O–H groups in total. The zero-order valence-corrected chi connectivity index (χ0v) is 33.4. The molecule has 0 amide bonds. The van der Waals surface area contributed by atoms with Gasteiger partial charge < -0.3 is 24.0 Å². The Balaban J connectivity index is 4.16. The van der Waals surface area contributed by atoms with Crippen molar-refractivity contribution in [2.75, 3.05) is 33.7 Å². The quantitative estimate of drug-likeness (QED) is 0.0220. The Morgan fingerprint density at radius 2 is 0.920 bits per heavy atom. The van der Waals surface area contributed by atoms with Crippen LogP contribution in [-0.2, 0) is 19.1 Å². The largest absolute Gasteiger partial charge is 0.511 e. The fourth-order valence-corrected chi connectivity index (χ4v) is 6.37. The van der Waals surface area contributed by atoms with Crippen molar-refractivity contribution >= 4 is 19.1 Å². The first-order chi connectivity index (χ1) is 24.2. The fourth-order valence-electron chi connectivity index (χ4n) is 6.37. The second kappa shape index (κ2) is 35.8. The van der Waals surface area contributed by atoms with E-state index in [-0.39, 0.29) is 29.5 Å². The van der Waals surface area contributed by atoms with Crippen molar-refractivity contribution in [2.45, 2.75) is 200 Å². The van der Waals surface area contributed by atoms with Crippen LogP contribution in [0.4, 0.5) is 0 Å². The molecule has 1 unspecified atom stereocenters. The van der Waals surface area contributed by atoms with Crippen LogP contribution in [0, 0.1) is 0 Å². The topological polar surface area (TPSA) is 93.1 Å². The number of rotatable bonds is 37. The van der Waals surface area contributed by atoms with Crippen LogP contribution in [0.5, 0.6) is 0 Å². The molecule has 0 aromatic carbocycles. The van der Waals surface area contributed by atoms with Crippen molar-refractivity contribution in [3.05, 3.63) is 24.3 Å². The molecule has 0 aromatic rings. The first-order valence-electron chi connectivity index (χ1n) is 21.0. The molecule has 0 aliphatic heterocycles. The third-order valence-corrected chi connectivity index (χ3v) is 9.37. The van der Waals surface area contributed by atoms with Crippen LogP contribution in [0.2, 0.25) is 0 Å². The number of unbranched alkanes of at least 4 members (excludes halogenated alkanes) is 22. The lowest BCUT2D eigenvalue weighted by molar-refractivity contribution is -0.884.